The lowest BCUT2D eigenvalue weighted by Crippen LogP contribution is -2.43. The van der Waals surface area contributed by atoms with E-state index in [1.807, 2.05) is 31.2 Å². The van der Waals surface area contributed by atoms with Crippen LogP contribution in [0.5, 0.6) is 5.75 Å². The molecule has 1 saturated heterocycles. The number of aromatic nitrogens is 2. The minimum atomic E-state index is -0.583. The number of aryl methyl sites for hydroxylation is 1. The summed E-state index contributed by atoms with van der Waals surface area (Å²) in [5.74, 6) is 1.61. The van der Waals surface area contributed by atoms with Crippen LogP contribution < -0.4 is 4.74 Å². The number of rotatable bonds is 9. The van der Waals surface area contributed by atoms with Gasteiger partial charge >= 0.3 is 0 Å². The first-order valence-electron chi connectivity index (χ1n) is 10.5. The molecule has 0 N–H and O–H groups in total. The van der Waals surface area contributed by atoms with Crippen LogP contribution in [0, 0.1) is 0 Å². The van der Waals surface area contributed by atoms with Gasteiger partial charge in [-0.2, -0.15) is 4.98 Å². The molecule has 3 rings (SSSR count). The van der Waals surface area contributed by atoms with Crippen LogP contribution in [0.2, 0.25) is 0 Å². The first kappa shape index (κ1) is 22.7. The molecule has 0 aliphatic carbocycles. The highest BCUT2D eigenvalue weighted by atomic mass is 16.5. The quantitative estimate of drug-likeness (QED) is 0.601. The van der Waals surface area contributed by atoms with Crippen molar-refractivity contribution in [2.45, 2.75) is 58.9 Å². The van der Waals surface area contributed by atoms with E-state index in [-0.39, 0.29) is 24.4 Å². The van der Waals surface area contributed by atoms with E-state index in [1.54, 1.807) is 23.8 Å². The molecule has 9 nitrogen and oxygen atoms in total. The Morgan fingerprint density at radius 1 is 1.39 bits per heavy atom. The van der Waals surface area contributed by atoms with E-state index in [9.17, 15) is 9.59 Å². The Morgan fingerprint density at radius 3 is 2.87 bits per heavy atom. The van der Waals surface area contributed by atoms with Gasteiger partial charge in [0.15, 0.2) is 5.82 Å². The maximum absolute atomic E-state index is 12.9. The average Bonchev–Trinajstić information content (AvgIpc) is 3.44. The summed E-state index contributed by atoms with van der Waals surface area (Å²) in [6.07, 6.45) is 0.763. The molecule has 1 fully saturated rings. The zero-order chi connectivity index (χ0) is 22.4. The minimum absolute atomic E-state index is 0.0792. The van der Waals surface area contributed by atoms with Crippen molar-refractivity contribution in [3.8, 4) is 5.75 Å². The SMILES string of the molecule is CCc1nc(CN(C(C)=O)[C@@H]2CCN(C(=O)[C@@H](C)OCc3cccc(OC)c3)C2)no1. The topological polar surface area (TPSA) is 98.0 Å². The van der Waals surface area contributed by atoms with Gasteiger partial charge < -0.3 is 23.8 Å². The molecule has 2 heterocycles. The van der Waals surface area contributed by atoms with Gasteiger partial charge in [0.2, 0.25) is 11.8 Å². The highest BCUT2D eigenvalue weighted by Crippen LogP contribution is 2.20. The smallest absolute Gasteiger partial charge is 0.251 e. The molecule has 2 atom stereocenters. The van der Waals surface area contributed by atoms with Crippen molar-refractivity contribution in [2.24, 2.45) is 0 Å². The maximum atomic E-state index is 12.9. The number of hydrogen-bond acceptors (Lipinski definition) is 7. The van der Waals surface area contributed by atoms with Crippen molar-refractivity contribution in [2.75, 3.05) is 20.2 Å². The van der Waals surface area contributed by atoms with E-state index < -0.39 is 6.10 Å². The molecule has 168 valence electrons. The van der Waals surface area contributed by atoms with Crippen LogP contribution in [0.3, 0.4) is 0 Å². The van der Waals surface area contributed by atoms with Gasteiger partial charge in [-0.3, -0.25) is 9.59 Å². The van der Waals surface area contributed by atoms with Crippen LogP contribution in [0.1, 0.15) is 44.5 Å². The van der Waals surface area contributed by atoms with Crippen LogP contribution in [-0.2, 0) is 33.9 Å². The second-order valence-corrected chi connectivity index (χ2v) is 7.64. The minimum Gasteiger partial charge on any atom is -0.497 e. The van der Waals surface area contributed by atoms with Crippen LogP contribution in [0.15, 0.2) is 28.8 Å². The van der Waals surface area contributed by atoms with Gasteiger partial charge in [-0.25, -0.2) is 0 Å². The summed E-state index contributed by atoms with van der Waals surface area (Å²) in [6, 6.07) is 7.48. The molecule has 31 heavy (non-hydrogen) atoms. The number of amides is 2. The van der Waals surface area contributed by atoms with Gasteiger partial charge in [-0.15, -0.1) is 0 Å². The lowest BCUT2D eigenvalue weighted by molar-refractivity contribution is -0.143. The van der Waals surface area contributed by atoms with Crippen molar-refractivity contribution in [1.29, 1.82) is 0 Å². The summed E-state index contributed by atoms with van der Waals surface area (Å²) in [6.45, 7) is 6.83. The van der Waals surface area contributed by atoms with Gasteiger partial charge in [-0.1, -0.05) is 24.2 Å². The third-order valence-corrected chi connectivity index (χ3v) is 5.43. The lowest BCUT2D eigenvalue weighted by Gasteiger charge is -2.27. The second-order valence-electron chi connectivity index (χ2n) is 7.64. The fraction of sp³-hybridized carbons (Fsp3) is 0.545. The summed E-state index contributed by atoms with van der Waals surface area (Å²) in [5, 5.41) is 3.94. The zero-order valence-corrected chi connectivity index (χ0v) is 18.5. The van der Waals surface area contributed by atoms with Crippen LogP contribution >= 0.6 is 0 Å². The molecule has 0 bridgehead atoms. The zero-order valence-electron chi connectivity index (χ0n) is 18.5. The normalized spacial score (nSPS) is 16.9. The Bertz CT molecular complexity index is 900. The monoisotopic (exact) mass is 430 g/mol. The molecule has 1 aromatic heterocycles. The standard InChI is InChI=1S/C22H30N4O5/c1-5-21-23-20(24-31-21)13-26(16(3)27)18-9-10-25(12-18)22(28)15(2)30-14-17-7-6-8-19(11-17)29-4/h6-8,11,15,18H,5,9-10,12-14H2,1-4H3/t15-,18-/m1/s1. The van der Waals surface area contributed by atoms with Gasteiger partial charge in [0.05, 0.1) is 26.3 Å². The number of benzene rings is 1. The highest BCUT2D eigenvalue weighted by Gasteiger charge is 2.34. The molecule has 1 aliphatic rings. The number of methoxy groups -OCH3 is 1. The first-order chi connectivity index (χ1) is 14.9. The number of carbonyl (C=O) groups is 2. The maximum Gasteiger partial charge on any atom is 0.251 e. The molecule has 2 amide bonds. The number of ether oxygens (including phenoxy) is 2. The van der Waals surface area contributed by atoms with Crippen molar-refractivity contribution < 1.29 is 23.6 Å². The summed E-state index contributed by atoms with van der Waals surface area (Å²) in [4.78, 5) is 32.8. The van der Waals surface area contributed by atoms with E-state index in [4.69, 9.17) is 14.0 Å². The Balaban J connectivity index is 1.54. The highest BCUT2D eigenvalue weighted by molar-refractivity contribution is 5.81. The third kappa shape index (κ3) is 5.81. The second kappa shape index (κ2) is 10.4. The van der Waals surface area contributed by atoms with Gasteiger partial charge in [-0.05, 0) is 31.0 Å². The molecule has 0 saturated carbocycles. The first-order valence-corrected chi connectivity index (χ1v) is 10.5. The number of likely N-dealkylation sites (tertiary alicyclic amines) is 1. The predicted octanol–water partition coefficient (Wildman–Crippen LogP) is 2.20. The van der Waals surface area contributed by atoms with E-state index >= 15 is 0 Å². The molecule has 1 aliphatic heterocycles. The molecule has 9 heteroatoms. The lowest BCUT2D eigenvalue weighted by atomic mass is 10.2. The van der Waals surface area contributed by atoms with Crippen LogP contribution in [0.4, 0.5) is 0 Å². The van der Waals surface area contributed by atoms with Gasteiger partial charge in [0.1, 0.15) is 11.9 Å². The molecule has 1 aromatic carbocycles. The molecular weight excluding hydrogens is 400 g/mol. The molecular formula is C22H30N4O5. The molecule has 0 radical (unpaired) electrons. The summed E-state index contributed by atoms with van der Waals surface area (Å²) < 4.78 is 16.2. The average molecular weight is 431 g/mol. The van der Waals surface area contributed by atoms with Crippen LogP contribution in [-0.4, -0.2) is 64.1 Å². The molecule has 0 spiro atoms. The Morgan fingerprint density at radius 2 is 2.19 bits per heavy atom. The largest absolute Gasteiger partial charge is 0.497 e. The van der Waals surface area contributed by atoms with E-state index in [1.165, 1.54) is 6.92 Å². The summed E-state index contributed by atoms with van der Waals surface area (Å²) in [5.41, 5.74) is 0.938. The Labute approximate surface area is 182 Å². The summed E-state index contributed by atoms with van der Waals surface area (Å²) in [7, 11) is 1.61. The Kier molecular flexibility index (Phi) is 7.62. The Hall–Kier alpha value is -2.94. The van der Waals surface area contributed by atoms with Crippen molar-refractivity contribution in [3.63, 3.8) is 0 Å². The van der Waals surface area contributed by atoms with E-state index in [0.29, 0.717) is 44.3 Å². The van der Waals surface area contributed by atoms with E-state index in [2.05, 4.69) is 10.1 Å². The van der Waals surface area contributed by atoms with Gasteiger partial charge in [0.25, 0.3) is 5.91 Å². The third-order valence-electron chi connectivity index (χ3n) is 5.43. The number of nitrogens with zero attached hydrogens (tertiary/aromatic N) is 4. The number of hydrogen-bond donors (Lipinski definition) is 0. The van der Waals surface area contributed by atoms with Crippen LogP contribution in [0.25, 0.3) is 0 Å². The predicted molar refractivity (Wildman–Crippen MR) is 112 cm³/mol. The fourth-order valence-corrected chi connectivity index (χ4v) is 3.66. The van der Waals surface area contributed by atoms with Crippen molar-refractivity contribution in [1.82, 2.24) is 19.9 Å². The molecule has 0 unspecified atom stereocenters. The van der Waals surface area contributed by atoms with Gasteiger partial charge in [0, 0.05) is 26.4 Å². The van der Waals surface area contributed by atoms with E-state index in [0.717, 1.165) is 11.3 Å². The fourth-order valence-electron chi connectivity index (χ4n) is 3.66. The van der Waals surface area contributed by atoms with Crippen molar-refractivity contribution >= 4 is 11.8 Å². The molecule has 2 aromatic rings. The van der Waals surface area contributed by atoms with Crippen molar-refractivity contribution in [3.05, 3.63) is 41.5 Å². The summed E-state index contributed by atoms with van der Waals surface area (Å²) >= 11 is 0. The number of carbonyl (C=O) groups excluding carboxylic acids is 2.